The molecule has 0 aliphatic rings. The smallest absolute Gasteiger partial charge is 0.251 e. The molecule has 4 nitrogen and oxygen atoms in total. The van der Waals surface area contributed by atoms with E-state index in [1.54, 1.807) is 0 Å². The van der Waals surface area contributed by atoms with Gasteiger partial charge in [-0.25, -0.2) is 4.39 Å². The molecule has 0 unspecified atom stereocenters. The Balaban J connectivity index is 2.35. The molecule has 0 aromatic heterocycles. The summed E-state index contributed by atoms with van der Waals surface area (Å²) in [6.45, 7) is 1.50. The number of carbonyl (C=O) groups excluding carboxylic acids is 1. The molecule has 0 bridgehead atoms. The topological polar surface area (TPSA) is 47.6 Å². The van der Waals surface area contributed by atoms with Gasteiger partial charge in [0.15, 0.2) is 11.6 Å². The van der Waals surface area contributed by atoms with Crippen LogP contribution in [0.25, 0.3) is 0 Å². The second kappa shape index (κ2) is 8.72. The molecule has 106 valence electrons. The molecule has 0 saturated carbocycles. The van der Waals surface area contributed by atoms with Crippen LogP contribution in [0.15, 0.2) is 18.2 Å². The Bertz CT molecular complexity index is 415. The van der Waals surface area contributed by atoms with Crippen molar-refractivity contribution in [3.63, 3.8) is 0 Å². The lowest BCUT2D eigenvalue weighted by molar-refractivity contribution is 0.0944. The Kier molecular flexibility index (Phi) is 7.22. The van der Waals surface area contributed by atoms with Crippen LogP contribution in [0.5, 0.6) is 5.75 Å². The maximum Gasteiger partial charge on any atom is 0.251 e. The second-order valence-corrected chi connectivity index (χ2v) is 4.14. The second-order valence-electron chi connectivity index (χ2n) is 3.76. The average molecular weight is 290 g/mol. The molecule has 1 amide bonds. The number of alkyl halides is 1. The van der Waals surface area contributed by atoms with E-state index < -0.39 is 5.82 Å². The van der Waals surface area contributed by atoms with Crippen molar-refractivity contribution in [2.24, 2.45) is 0 Å². The molecule has 0 fully saturated rings. The van der Waals surface area contributed by atoms with Crippen LogP contribution in [0.3, 0.4) is 0 Å². The SMILES string of the molecule is COc1ccc(C(=O)NCCCOCCCl)cc1F. The quantitative estimate of drug-likeness (QED) is 0.590. The molecule has 0 atom stereocenters. The van der Waals surface area contributed by atoms with E-state index in [-0.39, 0.29) is 17.2 Å². The maximum atomic E-state index is 13.4. The van der Waals surface area contributed by atoms with Crippen LogP contribution in [0.1, 0.15) is 16.8 Å². The highest BCUT2D eigenvalue weighted by Gasteiger charge is 2.09. The van der Waals surface area contributed by atoms with E-state index in [4.69, 9.17) is 21.1 Å². The van der Waals surface area contributed by atoms with Crippen LogP contribution < -0.4 is 10.1 Å². The van der Waals surface area contributed by atoms with E-state index >= 15 is 0 Å². The van der Waals surface area contributed by atoms with E-state index in [0.29, 0.717) is 32.1 Å². The molecule has 1 rings (SSSR count). The third kappa shape index (κ3) is 5.44. The number of halogens is 2. The zero-order valence-electron chi connectivity index (χ0n) is 10.7. The molecule has 1 aromatic rings. The summed E-state index contributed by atoms with van der Waals surface area (Å²) in [7, 11) is 1.37. The largest absolute Gasteiger partial charge is 0.494 e. The van der Waals surface area contributed by atoms with Gasteiger partial charge in [0.05, 0.1) is 13.7 Å². The molecule has 0 heterocycles. The van der Waals surface area contributed by atoms with Crippen LogP contribution in [0.2, 0.25) is 0 Å². The number of nitrogens with one attached hydrogen (secondary N) is 1. The van der Waals surface area contributed by atoms with Crippen LogP contribution in [-0.4, -0.2) is 38.7 Å². The Hall–Kier alpha value is -1.33. The van der Waals surface area contributed by atoms with Crippen LogP contribution >= 0.6 is 11.6 Å². The van der Waals surface area contributed by atoms with E-state index in [1.165, 1.54) is 19.2 Å². The van der Waals surface area contributed by atoms with Gasteiger partial charge >= 0.3 is 0 Å². The molecule has 1 aromatic carbocycles. The highest BCUT2D eigenvalue weighted by atomic mass is 35.5. The van der Waals surface area contributed by atoms with E-state index in [0.717, 1.165) is 6.07 Å². The van der Waals surface area contributed by atoms with Gasteiger partial charge < -0.3 is 14.8 Å². The fourth-order valence-corrected chi connectivity index (χ4v) is 1.55. The van der Waals surface area contributed by atoms with Gasteiger partial charge in [-0.2, -0.15) is 0 Å². The number of carbonyl (C=O) groups is 1. The summed E-state index contributed by atoms with van der Waals surface area (Å²) in [4.78, 5) is 11.7. The highest BCUT2D eigenvalue weighted by Crippen LogP contribution is 2.17. The van der Waals surface area contributed by atoms with Crippen LogP contribution in [0.4, 0.5) is 4.39 Å². The van der Waals surface area contributed by atoms with Crippen molar-refractivity contribution in [3.05, 3.63) is 29.6 Å². The van der Waals surface area contributed by atoms with Gasteiger partial charge in [-0.3, -0.25) is 4.79 Å². The van der Waals surface area contributed by atoms with Crippen LogP contribution in [-0.2, 0) is 4.74 Å². The number of hydrogen-bond donors (Lipinski definition) is 1. The third-order valence-electron chi connectivity index (χ3n) is 2.39. The van der Waals surface area contributed by atoms with Crippen molar-refractivity contribution in [2.75, 3.05) is 32.7 Å². The van der Waals surface area contributed by atoms with Crippen molar-refractivity contribution in [1.82, 2.24) is 5.32 Å². The summed E-state index contributed by atoms with van der Waals surface area (Å²) < 4.78 is 23.3. The normalized spacial score (nSPS) is 10.3. The number of ether oxygens (including phenoxy) is 2. The molecule has 0 spiro atoms. The van der Waals surface area contributed by atoms with Crippen molar-refractivity contribution >= 4 is 17.5 Å². The first-order valence-electron chi connectivity index (χ1n) is 5.94. The number of methoxy groups -OCH3 is 1. The zero-order valence-corrected chi connectivity index (χ0v) is 11.5. The monoisotopic (exact) mass is 289 g/mol. The lowest BCUT2D eigenvalue weighted by atomic mass is 10.2. The van der Waals surface area contributed by atoms with E-state index in [1.807, 2.05) is 0 Å². The summed E-state index contributed by atoms with van der Waals surface area (Å²) >= 11 is 5.44. The fraction of sp³-hybridized carbons (Fsp3) is 0.462. The van der Waals surface area contributed by atoms with E-state index in [2.05, 4.69) is 5.32 Å². The maximum absolute atomic E-state index is 13.4. The predicted octanol–water partition coefficient (Wildman–Crippen LogP) is 2.21. The molecular weight excluding hydrogens is 273 g/mol. The Labute approximate surface area is 116 Å². The number of rotatable bonds is 8. The van der Waals surface area contributed by atoms with Gasteiger partial charge in [-0.1, -0.05) is 0 Å². The highest BCUT2D eigenvalue weighted by molar-refractivity contribution is 6.17. The Morgan fingerprint density at radius 2 is 2.21 bits per heavy atom. The average Bonchev–Trinajstić information content (AvgIpc) is 2.42. The molecule has 0 aliphatic carbocycles. The first kappa shape index (κ1) is 15.7. The Morgan fingerprint density at radius 3 is 2.84 bits per heavy atom. The van der Waals surface area contributed by atoms with Gasteiger partial charge in [0.25, 0.3) is 5.91 Å². The number of benzene rings is 1. The van der Waals surface area contributed by atoms with Crippen LogP contribution in [0, 0.1) is 5.82 Å². The minimum Gasteiger partial charge on any atom is -0.494 e. The Morgan fingerprint density at radius 1 is 1.42 bits per heavy atom. The van der Waals surface area contributed by atoms with Crippen molar-refractivity contribution in [1.29, 1.82) is 0 Å². The molecule has 1 N–H and O–H groups in total. The minimum atomic E-state index is -0.555. The van der Waals surface area contributed by atoms with Gasteiger partial charge in [0, 0.05) is 24.6 Å². The summed E-state index contributed by atoms with van der Waals surface area (Å²) in [5.74, 6) is -0.303. The zero-order chi connectivity index (χ0) is 14.1. The summed E-state index contributed by atoms with van der Waals surface area (Å²) in [5, 5.41) is 2.68. The number of amides is 1. The molecule has 0 aliphatic heterocycles. The van der Waals surface area contributed by atoms with Crippen molar-refractivity contribution < 1.29 is 18.7 Å². The first-order valence-corrected chi connectivity index (χ1v) is 6.48. The van der Waals surface area contributed by atoms with Gasteiger partial charge in [0.1, 0.15) is 0 Å². The molecule has 19 heavy (non-hydrogen) atoms. The van der Waals surface area contributed by atoms with Gasteiger partial charge in [0.2, 0.25) is 0 Å². The number of hydrogen-bond acceptors (Lipinski definition) is 3. The molecule has 6 heteroatoms. The fourth-order valence-electron chi connectivity index (χ4n) is 1.44. The third-order valence-corrected chi connectivity index (χ3v) is 2.54. The molecule has 0 radical (unpaired) electrons. The lowest BCUT2D eigenvalue weighted by Crippen LogP contribution is -2.25. The van der Waals surface area contributed by atoms with E-state index in [9.17, 15) is 9.18 Å². The lowest BCUT2D eigenvalue weighted by Gasteiger charge is -2.07. The molecule has 0 saturated heterocycles. The summed E-state index contributed by atoms with van der Waals surface area (Å²) in [6.07, 6.45) is 0.682. The van der Waals surface area contributed by atoms with Gasteiger partial charge in [-0.15, -0.1) is 11.6 Å². The summed E-state index contributed by atoms with van der Waals surface area (Å²) in [5.41, 5.74) is 0.264. The molecular formula is C13H17ClFNO3. The first-order chi connectivity index (χ1) is 9.19. The van der Waals surface area contributed by atoms with Crippen molar-refractivity contribution in [2.45, 2.75) is 6.42 Å². The van der Waals surface area contributed by atoms with Crippen molar-refractivity contribution in [3.8, 4) is 5.75 Å². The summed E-state index contributed by atoms with van der Waals surface area (Å²) in [6, 6.07) is 4.09. The predicted molar refractivity (Wildman–Crippen MR) is 71.4 cm³/mol. The minimum absolute atomic E-state index is 0.117. The standard InChI is InChI=1S/C13H17ClFNO3/c1-18-12-4-3-10(9-11(12)15)13(17)16-6-2-7-19-8-5-14/h3-4,9H,2,5-8H2,1H3,(H,16,17). The van der Waals surface area contributed by atoms with Gasteiger partial charge in [-0.05, 0) is 24.6 Å².